The Morgan fingerprint density at radius 3 is 2.90 bits per heavy atom. The smallest absolute Gasteiger partial charge is 0.307 e. The Bertz CT molecular complexity index is 528. The van der Waals surface area contributed by atoms with Crippen LogP contribution in [0.5, 0.6) is 0 Å². The minimum Gasteiger partial charge on any atom is -0.466 e. The number of carbonyl (C=O) groups excluding carboxylic acids is 2. The molecule has 0 atom stereocenters. The van der Waals surface area contributed by atoms with E-state index in [1.807, 2.05) is 0 Å². The van der Waals surface area contributed by atoms with Crippen molar-refractivity contribution in [3.05, 3.63) is 35.4 Å². The summed E-state index contributed by atoms with van der Waals surface area (Å²) in [6, 6.07) is 6.74. The van der Waals surface area contributed by atoms with Crippen LogP contribution < -0.4 is 5.32 Å². The molecule has 0 aliphatic rings. The number of hydrogen-bond donors (Lipinski definition) is 2. The van der Waals surface area contributed by atoms with Crippen LogP contribution in [0, 0.1) is 11.8 Å². The Morgan fingerprint density at radius 1 is 1.40 bits per heavy atom. The molecule has 20 heavy (non-hydrogen) atoms. The van der Waals surface area contributed by atoms with Crippen molar-refractivity contribution in [3.63, 3.8) is 0 Å². The fraction of sp³-hybridized carbons (Fsp3) is 0.333. The van der Waals surface area contributed by atoms with Crippen LogP contribution in [-0.2, 0) is 9.53 Å². The molecular formula is C15H17NO4. The van der Waals surface area contributed by atoms with Crippen LogP contribution in [0.15, 0.2) is 24.3 Å². The van der Waals surface area contributed by atoms with Crippen LogP contribution in [0.3, 0.4) is 0 Å². The van der Waals surface area contributed by atoms with Crippen molar-refractivity contribution in [1.82, 2.24) is 5.32 Å². The molecule has 106 valence electrons. The van der Waals surface area contributed by atoms with E-state index in [0.29, 0.717) is 17.7 Å². The molecule has 1 rings (SSSR count). The Balaban J connectivity index is 2.53. The van der Waals surface area contributed by atoms with Crippen molar-refractivity contribution in [1.29, 1.82) is 0 Å². The lowest BCUT2D eigenvalue weighted by atomic mass is 10.1. The molecule has 0 saturated heterocycles. The Hall–Kier alpha value is -2.32. The molecule has 0 aromatic heterocycles. The van der Waals surface area contributed by atoms with E-state index in [-0.39, 0.29) is 31.4 Å². The highest BCUT2D eigenvalue weighted by molar-refractivity contribution is 5.94. The molecule has 0 heterocycles. The fourth-order valence-electron chi connectivity index (χ4n) is 1.49. The number of aliphatic hydroxyl groups is 1. The second-order valence-electron chi connectivity index (χ2n) is 3.85. The maximum Gasteiger partial charge on any atom is 0.307 e. The van der Waals surface area contributed by atoms with Gasteiger partial charge in [-0.25, -0.2) is 0 Å². The SMILES string of the molecule is CCOC(=O)CCNC(=O)c1cccc(C#CCO)c1. The topological polar surface area (TPSA) is 75.6 Å². The zero-order valence-electron chi connectivity index (χ0n) is 11.3. The average Bonchev–Trinajstić information content (AvgIpc) is 2.45. The Labute approximate surface area is 117 Å². The van der Waals surface area contributed by atoms with E-state index in [1.165, 1.54) is 0 Å². The van der Waals surface area contributed by atoms with Crippen LogP contribution in [0.4, 0.5) is 0 Å². The molecule has 5 nitrogen and oxygen atoms in total. The maximum atomic E-state index is 11.8. The first-order chi connectivity index (χ1) is 9.67. The van der Waals surface area contributed by atoms with Crippen molar-refractivity contribution < 1.29 is 19.4 Å². The average molecular weight is 275 g/mol. The molecule has 0 bridgehead atoms. The number of nitrogens with one attached hydrogen (secondary N) is 1. The molecule has 1 aromatic rings. The monoisotopic (exact) mass is 275 g/mol. The van der Waals surface area contributed by atoms with Crippen LogP contribution in [-0.4, -0.2) is 36.7 Å². The van der Waals surface area contributed by atoms with Gasteiger partial charge in [-0.1, -0.05) is 17.9 Å². The van der Waals surface area contributed by atoms with E-state index < -0.39 is 0 Å². The normalized spacial score (nSPS) is 9.30. The lowest BCUT2D eigenvalue weighted by molar-refractivity contribution is -0.142. The molecule has 5 heteroatoms. The van der Waals surface area contributed by atoms with E-state index in [4.69, 9.17) is 9.84 Å². The molecule has 0 radical (unpaired) electrons. The van der Waals surface area contributed by atoms with Gasteiger partial charge in [0, 0.05) is 17.7 Å². The lowest BCUT2D eigenvalue weighted by Crippen LogP contribution is -2.26. The zero-order valence-corrected chi connectivity index (χ0v) is 11.3. The first-order valence-electron chi connectivity index (χ1n) is 6.31. The highest BCUT2D eigenvalue weighted by Gasteiger charge is 2.07. The minimum atomic E-state index is -0.338. The van der Waals surface area contributed by atoms with Gasteiger partial charge in [0.1, 0.15) is 6.61 Å². The van der Waals surface area contributed by atoms with Crippen molar-refractivity contribution in [2.24, 2.45) is 0 Å². The summed E-state index contributed by atoms with van der Waals surface area (Å²) < 4.78 is 4.76. The highest BCUT2D eigenvalue weighted by atomic mass is 16.5. The number of rotatable bonds is 5. The Morgan fingerprint density at radius 2 is 2.20 bits per heavy atom. The number of aliphatic hydroxyl groups excluding tert-OH is 1. The molecule has 1 amide bonds. The summed E-state index contributed by atoms with van der Waals surface area (Å²) in [6.07, 6.45) is 0.142. The summed E-state index contributed by atoms with van der Waals surface area (Å²) in [6.45, 7) is 2.06. The highest BCUT2D eigenvalue weighted by Crippen LogP contribution is 2.04. The van der Waals surface area contributed by atoms with Gasteiger partial charge in [-0.2, -0.15) is 0 Å². The number of ether oxygens (including phenoxy) is 1. The van der Waals surface area contributed by atoms with Gasteiger partial charge < -0.3 is 15.2 Å². The van der Waals surface area contributed by atoms with E-state index in [9.17, 15) is 9.59 Å². The van der Waals surface area contributed by atoms with Crippen molar-refractivity contribution in [2.45, 2.75) is 13.3 Å². The molecule has 2 N–H and O–H groups in total. The summed E-state index contributed by atoms with van der Waals surface area (Å²) >= 11 is 0. The molecule has 0 spiro atoms. The number of benzene rings is 1. The van der Waals surface area contributed by atoms with Gasteiger partial charge in [0.15, 0.2) is 0 Å². The van der Waals surface area contributed by atoms with Crippen LogP contribution >= 0.6 is 0 Å². The minimum absolute atomic E-state index is 0.142. The second-order valence-corrected chi connectivity index (χ2v) is 3.85. The third kappa shape index (κ3) is 5.55. The molecule has 0 aliphatic carbocycles. The molecule has 0 aliphatic heterocycles. The van der Waals surface area contributed by atoms with Gasteiger partial charge in [-0.05, 0) is 25.1 Å². The fourth-order valence-corrected chi connectivity index (χ4v) is 1.49. The lowest BCUT2D eigenvalue weighted by Gasteiger charge is -2.05. The summed E-state index contributed by atoms with van der Waals surface area (Å²) in [5.74, 6) is 4.63. The quantitative estimate of drug-likeness (QED) is 0.613. The third-order valence-electron chi connectivity index (χ3n) is 2.36. The zero-order chi connectivity index (χ0) is 14.8. The van der Waals surface area contributed by atoms with Gasteiger partial charge in [-0.15, -0.1) is 0 Å². The number of esters is 1. The molecule has 0 unspecified atom stereocenters. The van der Waals surface area contributed by atoms with Crippen molar-refractivity contribution in [3.8, 4) is 11.8 Å². The molecular weight excluding hydrogens is 258 g/mol. The van der Waals surface area contributed by atoms with Crippen LogP contribution in [0.1, 0.15) is 29.3 Å². The van der Waals surface area contributed by atoms with Crippen molar-refractivity contribution in [2.75, 3.05) is 19.8 Å². The molecule has 0 saturated carbocycles. The number of amides is 1. The van der Waals surface area contributed by atoms with E-state index in [2.05, 4.69) is 17.2 Å². The largest absolute Gasteiger partial charge is 0.466 e. The summed E-state index contributed by atoms with van der Waals surface area (Å²) in [4.78, 5) is 23.0. The second kappa shape index (κ2) is 8.73. The van der Waals surface area contributed by atoms with Gasteiger partial charge in [0.05, 0.1) is 13.0 Å². The van der Waals surface area contributed by atoms with Gasteiger partial charge in [-0.3, -0.25) is 9.59 Å². The van der Waals surface area contributed by atoms with Gasteiger partial charge >= 0.3 is 5.97 Å². The number of carbonyl (C=O) groups is 2. The first kappa shape index (κ1) is 15.7. The summed E-state index contributed by atoms with van der Waals surface area (Å²) in [7, 11) is 0. The van der Waals surface area contributed by atoms with Crippen molar-refractivity contribution >= 4 is 11.9 Å². The molecule has 1 aromatic carbocycles. The van der Waals surface area contributed by atoms with Gasteiger partial charge in [0.25, 0.3) is 5.91 Å². The summed E-state index contributed by atoms with van der Waals surface area (Å²) in [5, 5.41) is 11.3. The van der Waals surface area contributed by atoms with E-state index in [1.54, 1.807) is 31.2 Å². The molecule has 0 fully saturated rings. The van der Waals surface area contributed by atoms with Crippen LogP contribution in [0.2, 0.25) is 0 Å². The van der Waals surface area contributed by atoms with Gasteiger partial charge in [0.2, 0.25) is 0 Å². The number of hydrogen-bond acceptors (Lipinski definition) is 4. The van der Waals surface area contributed by atoms with Crippen LogP contribution in [0.25, 0.3) is 0 Å². The Kier molecular flexibility index (Phi) is 6.87. The van der Waals surface area contributed by atoms with E-state index >= 15 is 0 Å². The maximum absolute atomic E-state index is 11.8. The summed E-state index contributed by atoms with van der Waals surface area (Å²) in [5.41, 5.74) is 1.11. The predicted molar refractivity (Wildman–Crippen MR) is 74.0 cm³/mol. The first-order valence-corrected chi connectivity index (χ1v) is 6.31. The standard InChI is InChI=1S/C15H17NO4/c1-2-20-14(18)8-9-16-15(19)13-7-3-5-12(11-13)6-4-10-17/h3,5,7,11,17H,2,8-10H2,1H3,(H,16,19). The van der Waals surface area contributed by atoms with E-state index in [0.717, 1.165) is 0 Å². The predicted octanol–water partition coefficient (Wildman–Crippen LogP) is 0.713. The third-order valence-corrected chi connectivity index (χ3v) is 2.36.